The lowest BCUT2D eigenvalue weighted by Gasteiger charge is -2.37. The molecule has 0 radical (unpaired) electrons. The van der Waals surface area contributed by atoms with Crippen molar-refractivity contribution in [1.82, 2.24) is 25.4 Å². The molecule has 0 bridgehead atoms. The van der Waals surface area contributed by atoms with Gasteiger partial charge in [-0.1, -0.05) is 32.1 Å². The summed E-state index contributed by atoms with van der Waals surface area (Å²) in [5.41, 5.74) is 0.201. The van der Waals surface area contributed by atoms with Crippen molar-refractivity contribution in [3.63, 3.8) is 0 Å². The summed E-state index contributed by atoms with van der Waals surface area (Å²) < 4.78 is 1.99. The SMILES string of the molecule is Cc1nnc(CN=C(NCC2(CCO)CCCCC2)NC2CCCC2)n1C. The van der Waals surface area contributed by atoms with Crippen LogP contribution in [0.1, 0.15) is 75.9 Å². The minimum atomic E-state index is 0.201. The number of aliphatic hydroxyl groups is 1. The van der Waals surface area contributed by atoms with E-state index in [0.717, 1.165) is 30.6 Å². The molecule has 0 saturated heterocycles. The van der Waals surface area contributed by atoms with Crippen molar-refractivity contribution in [2.45, 2.75) is 83.7 Å². The van der Waals surface area contributed by atoms with Crippen LogP contribution in [0, 0.1) is 12.3 Å². The van der Waals surface area contributed by atoms with Crippen molar-refractivity contribution in [1.29, 1.82) is 0 Å². The summed E-state index contributed by atoms with van der Waals surface area (Å²) >= 11 is 0. The Morgan fingerprint density at radius 2 is 1.93 bits per heavy atom. The largest absolute Gasteiger partial charge is 0.396 e. The van der Waals surface area contributed by atoms with Crippen molar-refractivity contribution in [2.75, 3.05) is 13.2 Å². The standard InChI is InChI=1S/C20H36N6O/c1-16-24-25-18(26(16)2)14-21-19(23-17-8-4-5-9-17)22-15-20(12-13-27)10-6-3-7-11-20/h17,27H,3-15H2,1-2H3,(H2,21,22,23). The van der Waals surface area contributed by atoms with E-state index in [1.165, 1.54) is 57.8 Å². The van der Waals surface area contributed by atoms with E-state index in [4.69, 9.17) is 4.99 Å². The summed E-state index contributed by atoms with van der Waals surface area (Å²) in [5.74, 6) is 2.66. The molecule has 2 aliphatic rings. The van der Waals surface area contributed by atoms with Crippen LogP contribution in [-0.2, 0) is 13.6 Å². The summed E-state index contributed by atoms with van der Waals surface area (Å²) in [6.45, 7) is 3.62. The lowest BCUT2D eigenvalue weighted by Crippen LogP contribution is -2.47. The van der Waals surface area contributed by atoms with Gasteiger partial charge in [0.05, 0.1) is 0 Å². The van der Waals surface area contributed by atoms with E-state index < -0.39 is 0 Å². The zero-order valence-electron chi connectivity index (χ0n) is 17.0. The van der Waals surface area contributed by atoms with Gasteiger partial charge in [-0.25, -0.2) is 4.99 Å². The summed E-state index contributed by atoms with van der Waals surface area (Å²) in [6, 6.07) is 0.512. The van der Waals surface area contributed by atoms with Crippen molar-refractivity contribution in [2.24, 2.45) is 17.5 Å². The van der Waals surface area contributed by atoms with E-state index in [2.05, 4.69) is 20.8 Å². The van der Waals surface area contributed by atoms with Crippen LogP contribution >= 0.6 is 0 Å². The molecule has 0 aromatic carbocycles. The molecule has 2 saturated carbocycles. The summed E-state index contributed by atoms with van der Waals surface area (Å²) in [6.07, 6.45) is 12.1. The predicted molar refractivity (Wildman–Crippen MR) is 107 cm³/mol. The van der Waals surface area contributed by atoms with Gasteiger partial charge in [0.15, 0.2) is 11.8 Å². The molecule has 2 aliphatic carbocycles. The fourth-order valence-electron chi connectivity index (χ4n) is 4.48. The van der Waals surface area contributed by atoms with Gasteiger partial charge in [-0.15, -0.1) is 10.2 Å². The highest BCUT2D eigenvalue weighted by atomic mass is 16.3. The van der Waals surface area contributed by atoms with Crippen LogP contribution in [0.25, 0.3) is 0 Å². The Labute approximate surface area is 163 Å². The van der Waals surface area contributed by atoms with Crippen LogP contribution in [-0.4, -0.2) is 45.0 Å². The molecule has 0 aliphatic heterocycles. The first-order chi connectivity index (χ1) is 13.1. The zero-order valence-corrected chi connectivity index (χ0v) is 17.0. The highest BCUT2D eigenvalue weighted by Crippen LogP contribution is 2.38. The third kappa shape index (κ3) is 5.43. The maximum absolute atomic E-state index is 9.57. The quantitative estimate of drug-likeness (QED) is 0.502. The Bertz CT molecular complexity index is 608. The van der Waals surface area contributed by atoms with Gasteiger partial charge in [-0.05, 0) is 44.4 Å². The predicted octanol–water partition coefficient (Wildman–Crippen LogP) is 2.43. The van der Waals surface area contributed by atoms with Crippen LogP contribution in [0.3, 0.4) is 0 Å². The Hall–Kier alpha value is -1.63. The van der Waals surface area contributed by atoms with Crippen LogP contribution < -0.4 is 10.6 Å². The van der Waals surface area contributed by atoms with Crippen LogP contribution in [0.5, 0.6) is 0 Å². The van der Waals surface area contributed by atoms with Gasteiger partial charge in [0, 0.05) is 26.2 Å². The maximum atomic E-state index is 9.57. The van der Waals surface area contributed by atoms with E-state index >= 15 is 0 Å². The van der Waals surface area contributed by atoms with Gasteiger partial charge >= 0.3 is 0 Å². The van der Waals surface area contributed by atoms with E-state index in [0.29, 0.717) is 12.6 Å². The van der Waals surface area contributed by atoms with Crippen LogP contribution in [0.4, 0.5) is 0 Å². The number of aliphatic imine (C=N–C) groups is 1. The molecule has 0 atom stereocenters. The lowest BCUT2D eigenvalue weighted by molar-refractivity contribution is 0.131. The van der Waals surface area contributed by atoms with Crippen molar-refractivity contribution in [3.8, 4) is 0 Å². The van der Waals surface area contributed by atoms with E-state index in [1.807, 2.05) is 18.5 Å². The summed E-state index contributed by atoms with van der Waals surface area (Å²) in [5, 5.41) is 25.2. The van der Waals surface area contributed by atoms with Gasteiger partial charge in [-0.3, -0.25) is 0 Å². The van der Waals surface area contributed by atoms with E-state index in [1.54, 1.807) is 0 Å². The molecule has 0 spiro atoms. The van der Waals surface area contributed by atoms with Crippen molar-refractivity contribution in [3.05, 3.63) is 11.6 Å². The second-order valence-electron chi connectivity index (χ2n) is 8.40. The van der Waals surface area contributed by atoms with E-state index in [9.17, 15) is 5.11 Å². The molecule has 2 fully saturated rings. The number of aryl methyl sites for hydroxylation is 1. The minimum absolute atomic E-state index is 0.201. The first-order valence-electron chi connectivity index (χ1n) is 10.6. The first-order valence-corrected chi connectivity index (χ1v) is 10.6. The van der Waals surface area contributed by atoms with Gasteiger partial charge in [0.1, 0.15) is 12.4 Å². The molecule has 3 rings (SSSR count). The average molecular weight is 377 g/mol. The van der Waals surface area contributed by atoms with Gasteiger partial charge in [0.25, 0.3) is 0 Å². The Morgan fingerprint density at radius 1 is 1.19 bits per heavy atom. The summed E-state index contributed by atoms with van der Waals surface area (Å²) in [7, 11) is 1.98. The molecule has 1 heterocycles. The molecular weight excluding hydrogens is 340 g/mol. The third-order valence-electron chi connectivity index (χ3n) is 6.44. The van der Waals surface area contributed by atoms with E-state index in [-0.39, 0.29) is 12.0 Å². The Balaban J connectivity index is 1.66. The number of hydrogen-bond acceptors (Lipinski definition) is 4. The number of aromatic nitrogens is 3. The molecule has 1 aromatic heterocycles. The first kappa shape index (κ1) is 20.1. The monoisotopic (exact) mass is 376 g/mol. The molecule has 0 amide bonds. The molecule has 3 N–H and O–H groups in total. The maximum Gasteiger partial charge on any atom is 0.191 e. The Morgan fingerprint density at radius 3 is 2.56 bits per heavy atom. The normalized spacial score (nSPS) is 20.8. The minimum Gasteiger partial charge on any atom is -0.396 e. The zero-order chi connectivity index (χ0) is 19.1. The molecule has 7 heteroatoms. The number of rotatable bonds is 7. The highest BCUT2D eigenvalue weighted by molar-refractivity contribution is 5.80. The molecule has 27 heavy (non-hydrogen) atoms. The number of nitrogens with one attached hydrogen (secondary N) is 2. The number of nitrogens with zero attached hydrogens (tertiary/aromatic N) is 4. The summed E-state index contributed by atoms with van der Waals surface area (Å²) in [4.78, 5) is 4.82. The van der Waals surface area contributed by atoms with Crippen LogP contribution in [0.2, 0.25) is 0 Å². The molecule has 152 valence electrons. The van der Waals surface area contributed by atoms with Gasteiger partial charge in [-0.2, -0.15) is 0 Å². The van der Waals surface area contributed by atoms with Gasteiger partial charge < -0.3 is 20.3 Å². The lowest BCUT2D eigenvalue weighted by atomic mass is 9.72. The second-order valence-corrected chi connectivity index (χ2v) is 8.40. The second kappa shape index (κ2) is 9.53. The smallest absolute Gasteiger partial charge is 0.191 e. The Kier molecular flexibility index (Phi) is 7.10. The van der Waals surface area contributed by atoms with Gasteiger partial charge in [0.2, 0.25) is 0 Å². The average Bonchev–Trinajstić information content (AvgIpc) is 3.30. The molecule has 7 nitrogen and oxygen atoms in total. The number of hydrogen-bond donors (Lipinski definition) is 3. The topological polar surface area (TPSA) is 87.4 Å². The third-order valence-corrected chi connectivity index (χ3v) is 6.44. The van der Waals surface area contributed by atoms with Crippen molar-refractivity contribution < 1.29 is 5.11 Å². The number of guanidine groups is 1. The molecular formula is C20H36N6O. The van der Waals surface area contributed by atoms with Crippen LogP contribution in [0.15, 0.2) is 4.99 Å². The fraction of sp³-hybridized carbons (Fsp3) is 0.850. The van der Waals surface area contributed by atoms with Crippen molar-refractivity contribution >= 4 is 5.96 Å². The molecule has 0 unspecified atom stereocenters. The molecule has 1 aromatic rings. The number of aliphatic hydroxyl groups excluding tert-OH is 1. The highest BCUT2D eigenvalue weighted by Gasteiger charge is 2.31. The fourth-order valence-corrected chi connectivity index (χ4v) is 4.48.